The second-order valence-corrected chi connectivity index (χ2v) is 3.94. The Morgan fingerprint density at radius 1 is 1.50 bits per heavy atom. The van der Waals surface area contributed by atoms with Gasteiger partial charge in [0.25, 0.3) is 0 Å². The molecular formula is C10H7BrFN3O. The van der Waals surface area contributed by atoms with Crippen LogP contribution in [-0.2, 0) is 0 Å². The average Bonchev–Trinajstić information content (AvgIpc) is 2.76. The summed E-state index contributed by atoms with van der Waals surface area (Å²) in [6, 6.07) is 3.86. The molecule has 0 radical (unpaired) electrons. The van der Waals surface area contributed by atoms with Gasteiger partial charge in [-0.15, -0.1) is 0 Å². The molecule has 0 atom stereocenters. The number of rotatable bonds is 1. The molecule has 0 aliphatic carbocycles. The van der Waals surface area contributed by atoms with Crippen molar-refractivity contribution in [1.82, 2.24) is 9.55 Å². The van der Waals surface area contributed by atoms with Gasteiger partial charge in [0.2, 0.25) is 0 Å². The molecule has 6 heteroatoms. The van der Waals surface area contributed by atoms with Crippen LogP contribution in [0.1, 0.15) is 0 Å². The lowest BCUT2D eigenvalue weighted by molar-refractivity contribution is 0.253. The normalized spacial score (nSPS) is 10.1. The molecule has 16 heavy (non-hydrogen) atoms. The van der Waals surface area contributed by atoms with Crippen LogP contribution in [0.5, 0.6) is 0 Å². The van der Waals surface area contributed by atoms with E-state index >= 15 is 0 Å². The van der Waals surface area contributed by atoms with Crippen LogP contribution in [0.25, 0.3) is 0 Å². The summed E-state index contributed by atoms with van der Waals surface area (Å²) < 4.78 is 15.2. The van der Waals surface area contributed by atoms with E-state index in [4.69, 9.17) is 0 Å². The number of nitrogens with one attached hydrogen (secondary N) is 1. The largest absolute Gasteiger partial charge is 0.331 e. The number of anilines is 1. The number of hydrogen-bond acceptors (Lipinski definition) is 2. The number of amides is 1. The van der Waals surface area contributed by atoms with Gasteiger partial charge < -0.3 is 5.32 Å². The maximum atomic E-state index is 13.3. The second-order valence-electron chi connectivity index (χ2n) is 3.02. The van der Waals surface area contributed by atoms with E-state index in [-0.39, 0.29) is 5.69 Å². The first kappa shape index (κ1) is 10.8. The van der Waals surface area contributed by atoms with Gasteiger partial charge in [-0.3, -0.25) is 4.57 Å². The molecule has 0 spiro atoms. The topological polar surface area (TPSA) is 46.9 Å². The number of carbonyl (C=O) groups is 1. The molecule has 82 valence electrons. The number of nitrogens with zero attached hydrogens (tertiary/aromatic N) is 2. The lowest BCUT2D eigenvalue weighted by Crippen LogP contribution is -2.18. The number of hydrogen-bond donors (Lipinski definition) is 1. The molecule has 1 amide bonds. The Kier molecular flexibility index (Phi) is 3.00. The van der Waals surface area contributed by atoms with Gasteiger partial charge in [-0.1, -0.05) is 15.9 Å². The summed E-state index contributed by atoms with van der Waals surface area (Å²) in [6.45, 7) is 0. The fourth-order valence-corrected chi connectivity index (χ4v) is 1.51. The molecule has 0 aliphatic rings. The van der Waals surface area contributed by atoms with Crippen molar-refractivity contribution in [3.63, 3.8) is 0 Å². The van der Waals surface area contributed by atoms with E-state index in [0.717, 1.165) is 0 Å². The lowest BCUT2D eigenvalue weighted by Gasteiger charge is -2.06. The maximum Gasteiger partial charge on any atom is 0.331 e. The number of carbonyl (C=O) groups excluding carboxylic acids is 1. The highest BCUT2D eigenvalue weighted by molar-refractivity contribution is 9.10. The van der Waals surface area contributed by atoms with Crippen LogP contribution in [0.4, 0.5) is 14.9 Å². The number of halogens is 2. The molecule has 1 aromatic heterocycles. The van der Waals surface area contributed by atoms with Crippen LogP contribution in [0.15, 0.2) is 41.4 Å². The molecule has 0 bridgehead atoms. The Morgan fingerprint density at radius 3 is 3.00 bits per heavy atom. The molecule has 0 saturated carbocycles. The first-order chi connectivity index (χ1) is 7.66. The Hall–Kier alpha value is -1.69. The predicted octanol–water partition coefficient (Wildman–Crippen LogP) is 2.86. The minimum Gasteiger partial charge on any atom is -0.304 e. The smallest absolute Gasteiger partial charge is 0.304 e. The molecule has 1 heterocycles. The third-order valence-corrected chi connectivity index (χ3v) is 2.40. The summed E-state index contributed by atoms with van der Waals surface area (Å²) >= 11 is 3.20. The summed E-state index contributed by atoms with van der Waals surface area (Å²) in [7, 11) is 0. The van der Waals surface area contributed by atoms with Crippen LogP contribution in [0.3, 0.4) is 0 Å². The number of benzene rings is 1. The van der Waals surface area contributed by atoms with E-state index in [1.54, 1.807) is 6.07 Å². The van der Waals surface area contributed by atoms with Crippen LogP contribution in [-0.4, -0.2) is 15.6 Å². The Labute approximate surface area is 99.2 Å². The van der Waals surface area contributed by atoms with Crippen molar-refractivity contribution in [3.05, 3.63) is 47.2 Å². The average molecular weight is 284 g/mol. The van der Waals surface area contributed by atoms with Crippen molar-refractivity contribution in [2.24, 2.45) is 0 Å². The van der Waals surface area contributed by atoms with E-state index in [0.29, 0.717) is 4.47 Å². The first-order valence-electron chi connectivity index (χ1n) is 4.41. The third-order valence-electron chi connectivity index (χ3n) is 1.91. The minimum atomic E-state index is -0.489. The lowest BCUT2D eigenvalue weighted by atomic mass is 10.3. The van der Waals surface area contributed by atoms with E-state index in [2.05, 4.69) is 26.2 Å². The zero-order valence-electron chi connectivity index (χ0n) is 8.02. The van der Waals surface area contributed by atoms with Crippen LogP contribution in [0, 0.1) is 5.82 Å². The van der Waals surface area contributed by atoms with E-state index < -0.39 is 11.8 Å². The molecule has 2 rings (SSSR count). The van der Waals surface area contributed by atoms with Gasteiger partial charge in [0.15, 0.2) is 0 Å². The summed E-state index contributed by atoms with van der Waals surface area (Å²) in [5, 5.41) is 2.43. The van der Waals surface area contributed by atoms with Gasteiger partial charge in [0.05, 0.1) is 5.69 Å². The fraction of sp³-hybridized carbons (Fsp3) is 0. The quantitative estimate of drug-likeness (QED) is 0.875. The highest BCUT2D eigenvalue weighted by atomic mass is 79.9. The van der Waals surface area contributed by atoms with Gasteiger partial charge in [0, 0.05) is 16.9 Å². The highest BCUT2D eigenvalue weighted by Crippen LogP contribution is 2.20. The van der Waals surface area contributed by atoms with Crippen LogP contribution in [0.2, 0.25) is 0 Å². The Morgan fingerprint density at radius 2 is 2.31 bits per heavy atom. The Balaban J connectivity index is 2.21. The molecule has 1 N–H and O–H groups in total. The molecular weight excluding hydrogens is 277 g/mol. The van der Waals surface area contributed by atoms with Crippen molar-refractivity contribution in [2.45, 2.75) is 0 Å². The molecule has 1 aromatic carbocycles. The minimum absolute atomic E-state index is 0.119. The first-order valence-corrected chi connectivity index (χ1v) is 5.20. The van der Waals surface area contributed by atoms with Gasteiger partial charge >= 0.3 is 6.03 Å². The summed E-state index contributed by atoms with van der Waals surface area (Å²) in [6.07, 6.45) is 4.29. The highest BCUT2D eigenvalue weighted by Gasteiger charge is 2.08. The zero-order chi connectivity index (χ0) is 11.5. The van der Waals surface area contributed by atoms with Gasteiger partial charge in [-0.25, -0.2) is 14.2 Å². The number of imidazole rings is 1. The summed E-state index contributed by atoms with van der Waals surface area (Å²) in [4.78, 5) is 15.3. The maximum absolute atomic E-state index is 13.3. The van der Waals surface area contributed by atoms with Gasteiger partial charge in [0.1, 0.15) is 12.1 Å². The van der Waals surface area contributed by atoms with Crippen LogP contribution < -0.4 is 5.32 Å². The van der Waals surface area contributed by atoms with Crippen molar-refractivity contribution >= 4 is 27.6 Å². The SMILES string of the molecule is O=C(Nc1cc(Br)ccc1F)n1ccnc1. The third kappa shape index (κ3) is 2.27. The van der Waals surface area contributed by atoms with Gasteiger partial charge in [-0.2, -0.15) is 0 Å². The fourth-order valence-electron chi connectivity index (χ4n) is 1.15. The van der Waals surface area contributed by atoms with Crippen molar-refractivity contribution in [1.29, 1.82) is 0 Å². The van der Waals surface area contributed by atoms with Crippen molar-refractivity contribution < 1.29 is 9.18 Å². The van der Waals surface area contributed by atoms with E-state index in [9.17, 15) is 9.18 Å². The van der Waals surface area contributed by atoms with Gasteiger partial charge in [-0.05, 0) is 18.2 Å². The standard InChI is InChI=1S/C10H7BrFN3O/c11-7-1-2-8(12)9(5-7)14-10(16)15-4-3-13-6-15/h1-6H,(H,14,16). The molecule has 4 nitrogen and oxygen atoms in total. The Bertz CT molecular complexity index is 513. The molecule has 0 unspecified atom stereocenters. The van der Waals surface area contributed by atoms with Crippen molar-refractivity contribution in [2.75, 3.05) is 5.32 Å². The molecule has 0 saturated heterocycles. The second kappa shape index (κ2) is 4.44. The summed E-state index contributed by atoms with van der Waals surface area (Å²) in [5.74, 6) is -0.489. The van der Waals surface area contributed by atoms with Crippen LogP contribution >= 0.6 is 15.9 Å². The van der Waals surface area contributed by atoms with E-state index in [1.807, 2.05) is 0 Å². The van der Waals surface area contributed by atoms with E-state index in [1.165, 1.54) is 35.4 Å². The monoisotopic (exact) mass is 283 g/mol. The van der Waals surface area contributed by atoms with Crippen molar-refractivity contribution in [3.8, 4) is 0 Å². The molecule has 0 aliphatic heterocycles. The summed E-state index contributed by atoms with van der Waals surface area (Å²) in [5.41, 5.74) is 0.119. The zero-order valence-corrected chi connectivity index (χ0v) is 9.61. The molecule has 0 fully saturated rings. The predicted molar refractivity (Wildman–Crippen MR) is 60.7 cm³/mol. The molecule has 2 aromatic rings. The number of aromatic nitrogens is 2.